The Morgan fingerprint density at radius 2 is 1.77 bits per heavy atom. The minimum absolute atomic E-state index is 0.0847. The highest BCUT2D eigenvalue weighted by molar-refractivity contribution is 5.79. The highest BCUT2D eigenvalue weighted by Gasteiger charge is 2.28. The lowest BCUT2D eigenvalue weighted by molar-refractivity contribution is -0.154. The standard InChI is InChI=1S/C20H25F3N4O3/c1-4-24-19(26-10-14-5-7-16(28-2)17(9-14)29-3)27-12-15-6-8-18(25-11-15)30-13-20(21,22)23/h5-9,11H,4,10,12-13H2,1-3H3,(H2,24,26,27). The number of rotatable bonds is 9. The number of nitrogens with one attached hydrogen (secondary N) is 2. The van der Waals surface area contributed by atoms with Gasteiger partial charge in [-0.25, -0.2) is 9.98 Å². The first-order valence-electron chi connectivity index (χ1n) is 9.22. The van der Waals surface area contributed by atoms with Crippen LogP contribution >= 0.6 is 0 Å². The number of methoxy groups -OCH3 is 2. The fraction of sp³-hybridized carbons (Fsp3) is 0.400. The maximum atomic E-state index is 12.2. The minimum Gasteiger partial charge on any atom is -0.493 e. The van der Waals surface area contributed by atoms with Crippen molar-refractivity contribution in [1.29, 1.82) is 0 Å². The number of nitrogens with zero attached hydrogens (tertiary/aromatic N) is 2. The molecular formula is C20H25F3N4O3. The van der Waals surface area contributed by atoms with Crippen molar-refractivity contribution in [2.45, 2.75) is 26.2 Å². The summed E-state index contributed by atoms with van der Waals surface area (Å²) < 4.78 is 51.7. The number of guanidine groups is 1. The summed E-state index contributed by atoms with van der Waals surface area (Å²) in [4.78, 5) is 8.34. The number of pyridine rings is 1. The van der Waals surface area contributed by atoms with Gasteiger partial charge < -0.3 is 24.8 Å². The monoisotopic (exact) mass is 426 g/mol. The molecule has 0 aliphatic rings. The molecule has 0 aliphatic carbocycles. The van der Waals surface area contributed by atoms with E-state index >= 15 is 0 Å². The number of ether oxygens (including phenoxy) is 3. The van der Waals surface area contributed by atoms with E-state index in [0.717, 1.165) is 11.1 Å². The van der Waals surface area contributed by atoms with E-state index in [1.807, 2.05) is 25.1 Å². The second-order valence-corrected chi connectivity index (χ2v) is 6.15. The number of aromatic nitrogens is 1. The lowest BCUT2D eigenvalue weighted by atomic mass is 10.2. The Morgan fingerprint density at radius 3 is 2.37 bits per heavy atom. The van der Waals surface area contributed by atoms with Crippen LogP contribution in [0, 0.1) is 0 Å². The number of alkyl halides is 3. The summed E-state index contributed by atoms with van der Waals surface area (Å²) in [6.07, 6.45) is -2.96. The van der Waals surface area contributed by atoms with Gasteiger partial charge in [0.25, 0.3) is 0 Å². The van der Waals surface area contributed by atoms with Crippen molar-refractivity contribution in [1.82, 2.24) is 15.6 Å². The number of benzene rings is 1. The Bertz CT molecular complexity index is 827. The second kappa shape index (κ2) is 11.1. The molecule has 0 fully saturated rings. The summed E-state index contributed by atoms with van der Waals surface area (Å²) >= 11 is 0. The summed E-state index contributed by atoms with van der Waals surface area (Å²) in [6.45, 7) is 2.05. The topological polar surface area (TPSA) is 77.0 Å². The summed E-state index contributed by atoms with van der Waals surface area (Å²) in [6, 6.07) is 8.63. The third kappa shape index (κ3) is 7.69. The maximum absolute atomic E-state index is 12.2. The smallest absolute Gasteiger partial charge is 0.422 e. The minimum atomic E-state index is -4.40. The lowest BCUT2D eigenvalue weighted by Crippen LogP contribution is -2.36. The van der Waals surface area contributed by atoms with E-state index in [4.69, 9.17) is 9.47 Å². The van der Waals surface area contributed by atoms with Crippen molar-refractivity contribution in [3.8, 4) is 17.4 Å². The molecule has 1 heterocycles. The van der Waals surface area contributed by atoms with Gasteiger partial charge in [0.1, 0.15) is 0 Å². The Morgan fingerprint density at radius 1 is 1.03 bits per heavy atom. The summed E-state index contributed by atoms with van der Waals surface area (Å²) in [7, 11) is 3.16. The molecule has 0 unspecified atom stereocenters. The van der Waals surface area contributed by atoms with Gasteiger partial charge in [0.05, 0.1) is 20.8 Å². The van der Waals surface area contributed by atoms with Crippen LogP contribution in [0.15, 0.2) is 41.5 Å². The third-order valence-corrected chi connectivity index (χ3v) is 3.85. The molecule has 7 nitrogen and oxygen atoms in total. The molecule has 2 N–H and O–H groups in total. The predicted molar refractivity (Wildman–Crippen MR) is 107 cm³/mol. The lowest BCUT2D eigenvalue weighted by Gasteiger charge is -2.13. The molecule has 10 heteroatoms. The predicted octanol–water partition coefficient (Wildman–Crippen LogP) is 3.30. The van der Waals surface area contributed by atoms with Crippen molar-refractivity contribution in [2.75, 3.05) is 27.4 Å². The molecule has 0 saturated heterocycles. The average molecular weight is 426 g/mol. The Kier molecular flexibility index (Phi) is 8.57. The van der Waals surface area contributed by atoms with Crippen molar-refractivity contribution in [3.63, 3.8) is 0 Å². The molecule has 0 radical (unpaired) electrons. The van der Waals surface area contributed by atoms with Crippen LogP contribution in [0.4, 0.5) is 13.2 Å². The molecule has 0 spiro atoms. The van der Waals surface area contributed by atoms with E-state index in [1.54, 1.807) is 20.3 Å². The molecule has 0 aliphatic heterocycles. The molecule has 0 saturated carbocycles. The summed E-state index contributed by atoms with van der Waals surface area (Å²) in [5.74, 6) is 1.79. The first kappa shape index (κ1) is 23.1. The zero-order valence-electron chi connectivity index (χ0n) is 17.0. The van der Waals surface area contributed by atoms with Crippen LogP contribution in [0.3, 0.4) is 0 Å². The molecule has 164 valence electrons. The van der Waals surface area contributed by atoms with Crippen LogP contribution in [0.2, 0.25) is 0 Å². The van der Waals surface area contributed by atoms with Gasteiger partial charge in [-0.2, -0.15) is 13.2 Å². The summed E-state index contributed by atoms with van der Waals surface area (Å²) in [5, 5.41) is 6.35. The average Bonchev–Trinajstić information content (AvgIpc) is 2.74. The van der Waals surface area contributed by atoms with Gasteiger partial charge in [-0.3, -0.25) is 0 Å². The van der Waals surface area contributed by atoms with Gasteiger partial charge in [-0.05, 0) is 30.2 Å². The van der Waals surface area contributed by atoms with Gasteiger partial charge in [-0.1, -0.05) is 12.1 Å². The first-order chi connectivity index (χ1) is 14.3. The quantitative estimate of drug-likeness (QED) is 0.473. The van der Waals surface area contributed by atoms with E-state index < -0.39 is 12.8 Å². The molecule has 2 rings (SSSR count). The van der Waals surface area contributed by atoms with Crippen LogP contribution < -0.4 is 24.8 Å². The number of hydrogen-bond donors (Lipinski definition) is 2. The van der Waals surface area contributed by atoms with Crippen molar-refractivity contribution in [3.05, 3.63) is 47.7 Å². The third-order valence-electron chi connectivity index (χ3n) is 3.85. The number of halogens is 3. The molecule has 2 aromatic rings. The van der Waals surface area contributed by atoms with E-state index in [-0.39, 0.29) is 5.88 Å². The van der Waals surface area contributed by atoms with Crippen molar-refractivity contribution in [2.24, 2.45) is 4.99 Å². The Labute approximate surface area is 173 Å². The molecule has 1 aromatic carbocycles. The van der Waals surface area contributed by atoms with Gasteiger partial charge in [0, 0.05) is 25.4 Å². The number of hydrogen-bond acceptors (Lipinski definition) is 5. The van der Waals surface area contributed by atoms with Crippen LogP contribution in [-0.4, -0.2) is 44.5 Å². The first-order valence-corrected chi connectivity index (χ1v) is 9.22. The molecule has 30 heavy (non-hydrogen) atoms. The molecule has 0 atom stereocenters. The fourth-order valence-corrected chi connectivity index (χ4v) is 2.43. The fourth-order valence-electron chi connectivity index (χ4n) is 2.43. The zero-order chi connectivity index (χ0) is 22.0. The Balaban J connectivity index is 1.95. The highest BCUT2D eigenvalue weighted by atomic mass is 19.4. The summed E-state index contributed by atoms with van der Waals surface area (Å²) in [5.41, 5.74) is 1.71. The number of aliphatic imine (C=N–C) groups is 1. The molecular weight excluding hydrogens is 401 g/mol. The van der Waals surface area contributed by atoms with Gasteiger partial charge in [0.15, 0.2) is 24.1 Å². The van der Waals surface area contributed by atoms with Gasteiger partial charge in [0.2, 0.25) is 5.88 Å². The Hall–Kier alpha value is -3.17. The highest BCUT2D eigenvalue weighted by Crippen LogP contribution is 2.27. The van der Waals surface area contributed by atoms with E-state index in [9.17, 15) is 13.2 Å². The second-order valence-electron chi connectivity index (χ2n) is 6.15. The SMILES string of the molecule is CCNC(=NCc1ccc(OCC(F)(F)F)nc1)NCc1ccc(OC)c(OC)c1. The molecule has 1 aromatic heterocycles. The van der Waals surface area contributed by atoms with Crippen LogP contribution in [0.1, 0.15) is 18.1 Å². The van der Waals surface area contributed by atoms with Gasteiger partial charge in [-0.15, -0.1) is 0 Å². The molecule has 0 bridgehead atoms. The van der Waals surface area contributed by atoms with Gasteiger partial charge >= 0.3 is 6.18 Å². The van der Waals surface area contributed by atoms with E-state index in [0.29, 0.717) is 37.1 Å². The molecule has 0 amide bonds. The zero-order valence-corrected chi connectivity index (χ0v) is 17.0. The van der Waals surface area contributed by atoms with E-state index in [1.165, 1.54) is 12.3 Å². The van der Waals surface area contributed by atoms with Crippen LogP contribution in [-0.2, 0) is 13.1 Å². The van der Waals surface area contributed by atoms with Crippen molar-refractivity contribution >= 4 is 5.96 Å². The normalized spacial score (nSPS) is 11.7. The van der Waals surface area contributed by atoms with Crippen LogP contribution in [0.5, 0.6) is 17.4 Å². The van der Waals surface area contributed by atoms with E-state index in [2.05, 4.69) is 25.3 Å². The van der Waals surface area contributed by atoms with Crippen LogP contribution in [0.25, 0.3) is 0 Å². The largest absolute Gasteiger partial charge is 0.493 e. The van der Waals surface area contributed by atoms with Crippen molar-refractivity contribution < 1.29 is 27.4 Å². The maximum Gasteiger partial charge on any atom is 0.422 e.